The van der Waals surface area contributed by atoms with Crippen LogP contribution in [-0.2, 0) is 13.5 Å². The topological polar surface area (TPSA) is 38.1 Å². The van der Waals surface area contributed by atoms with Crippen LogP contribution >= 0.6 is 11.3 Å². The molecule has 1 atom stereocenters. The van der Waals surface area contributed by atoms with Gasteiger partial charge >= 0.3 is 0 Å². The van der Waals surface area contributed by atoms with Crippen LogP contribution in [0.3, 0.4) is 0 Å². The Balaban J connectivity index is 1.93. The van der Waals surface area contributed by atoms with E-state index in [0.717, 1.165) is 18.4 Å². The van der Waals surface area contributed by atoms with Crippen LogP contribution in [-0.4, -0.2) is 14.9 Å². The zero-order valence-corrected chi connectivity index (χ0v) is 10.4. The van der Waals surface area contributed by atoms with Gasteiger partial charge in [0.05, 0.1) is 12.3 Å². The molecule has 2 aromatic heterocycles. The van der Waals surface area contributed by atoms with Crippen molar-refractivity contribution in [3.8, 4) is 0 Å². The number of aryl methyl sites for hydroxylation is 3. The maximum absolute atomic E-state index is 10.0. The third-order valence-electron chi connectivity index (χ3n) is 2.72. The molecule has 2 aromatic rings. The van der Waals surface area contributed by atoms with E-state index in [-0.39, 0.29) is 6.10 Å². The molecule has 3 nitrogen and oxygen atoms in total. The van der Waals surface area contributed by atoms with E-state index in [2.05, 4.69) is 10.5 Å². The van der Waals surface area contributed by atoms with E-state index in [0.29, 0.717) is 0 Å². The SMILES string of the molecule is Cc1cscc1C(O)CCc1cnn(C)c1. The second-order valence-corrected chi connectivity index (χ2v) is 4.83. The van der Waals surface area contributed by atoms with Gasteiger partial charge in [-0.15, -0.1) is 0 Å². The zero-order valence-electron chi connectivity index (χ0n) is 9.55. The predicted molar refractivity (Wildman–Crippen MR) is 65.5 cm³/mol. The van der Waals surface area contributed by atoms with Crippen LogP contribution in [0.15, 0.2) is 23.2 Å². The summed E-state index contributed by atoms with van der Waals surface area (Å²) < 4.78 is 1.79. The number of thiophene rings is 1. The minimum Gasteiger partial charge on any atom is -0.388 e. The Bertz CT molecular complexity index is 461. The van der Waals surface area contributed by atoms with Gasteiger partial charge < -0.3 is 5.11 Å². The molecule has 86 valence electrons. The molecule has 1 unspecified atom stereocenters. The molecule has 0 aliphatic heterocycles. The molecule has 2 heterocycles. The van der Waals surface area contributed by atoms with Gasteiger partial charge in [-0.25, -0.2) is 0 Å². The van der Waals surface area contributed by atoms with Crippen molar-refractivity contribution >= 4 is 11.3 Å². The van der Waals surface area contributed by atoms with Gasteiger partial charge in [0.15, 0.2) is 0 Å². The van der Waals surface area contributed by atoms with E-state index < -0.39 is 0 Å². The van der Waals surface area contributed by atoms with Crippen LogP contribution in [0.5, 0.6) is 0 Å². The summed E-state index contributed by atoms with van der Waals surface area (Å²) in [6, 6.07) is 0. The molecule has 16 heavy (non-hydrogen) atoms. The summed E-state index contributed by atoms with van der Waals surface area (Å²) in [5, 5.41) is 18.3. The van der Waals surface area contributed by atoms with Crippen LogP contribution in [0, 0.1) is 6.92 Å². The van der Waals surface area contributed by atoms with Gasteiger partial charge in [-0.2, -0.15) is 16.4 Å². The summed E-state index contributed by atoms with van der Waals surface area (Å²) in [6.07, 6.45) is 5.11. The van der Waals surface area contributed by atoms with Crippen molar-refractivity contribution in [2.75, 3.05) is 0 Å². The summed E-state index contributed by atoms with van der Waals surface area (Å²) >= 11 is 1.64. The van der Waals surface area contributed by atoms with Crippen molar-refractivity contribution in [1.29, 1.82) is 0 Å². The summed E-state index contributed by atoms with van der Waals surface area (Å²) in [4.78, 5) is 0. The van der Waals surface area contributed by atoms with Gasteiger partial charge in [0.2, 0.25) is 0 Å². The van der Waals surface area contributed by atoms with Crippen molar-refractivity contribution in [3.63, 3.8) is 0 Å². The molecule has 0 amide bonds. The highest BCUT2D eigenvalue weighted by Crippen LogP contribution is 2.25. The molecule has 4 heteroatoms. The second-order valence-electron chi connectivity index (χ2n) is 4.09. The average Bonchev–Trinajstić information content (AvgIpc) is 2.84. The predicted octanol–water partition coefficient (Wildman–Crippen LogP) is 2.46. The molecule has 2 rings (SSSR count). The fourth-order valence-electron chi connectivity index (χ4n) is 1.77. The van der Waals surface area contributed by atoms with Gasteiger partial charge in [-0.3, -0.25) is 4.68 Å². The summed E-state index contributed by atoms with van der Waals surface area (Å²) in [6.45, 7) is 2.04. The molecule has 0 aromatic carbocycles. The van der Waals surface area contributed by atoms with Crippen LogP contribution < -0.4 is 0 Å². The first-order valence-corrected chi connectivity index (χ1v) is 6.29. The van der Waals surface area contributed by atoms with E-state index in [1.165, 1.54) is 11.1 Å². The zero-order chi connectivity index (χ0) is 11.5. The van der Waals surface area contributed by atoms with Crippen LogP contribution in [0.25, 0.3) is 0 Å². The molecule has 0 saturated heterocycles. The lowest BCUT2D eigenvalue weighted by Gasteiger charge is -2.09. The van der Waals surface area contributed by atoms with Crippen molar-refractivity contribution in [2.24, 2.45) is 7.05 Å². The van der Waals surface area contributed by atoms with Gasteiger partial charge in [0, 0.05) is 13.2 Å². The van der Waals surface area contributed by atoms with Crippen molar-refractivity contribution < 1.29 is 5.11 Å². The normalized spacial score (nSPS) is 12.9. The third kappa shape index (κ3) is 2.51. The molecule has 0 fully saturated rings. The Morgan fingerprint density at radius 3 is 2.88 bits per heavy atom. The van der Waals surface area contributed by atoms with Gasteiger partial charge in [0.1, 0.15) is 0 Å². The Hall–Kier alpha value is -1.13. The van der Waals surface area contributed by atoms with Gasteiger partial charge in [-0.05, 0) is 47.2 Å². The molecule has 0 bridgehead atoms. The van der Waals surface area contributed by atoms with E-state index in [1.54, 1.807) is 16.0 Å². The molecule has 0 aliphatic rings. The van der Waals surface area contributed by atoms with Gasteiger partial charge in [-0.1, -0.05) is 0 Å². The first-order valence-electron chi connectivity index (χ1n) is 5.35. The largest absolute Gasteiger partial charge is 0.388 e. The lowest BCUT2D eigenvalue weighted by atomic mass is 10.0. The number of aliphatic hydroxyl groups is 1. The maximum atomic E-state index is 10.0. The monoisotopic (exact) mass is 236 g/mol. The summed E-state index contributed by atoms with van der Waals surface area (Å²) in [5.41, 5.74) is 3.42. The maximum Gasteiger partial charge on any atom is 0.0803 e. The Labute approximate surface area is 99.4 Å². The molecule has 1 N–H and O–H groups in total. The second kappa shape index (κ2) is 4.80. The molecule has 0 aliphatic carbocycles. The van der Waals surface area contributed by atoms with E-state index in [9.17, 15) is 5.11 Å². The summed E-state index contributed by atoms with van der Waals surface area (Å²) in [7, 11) is 1.91. The van der Waals surface area contributed by atoms with Crippen molar-refractivity contribution in [1.82, 2.24) is 9.78 Å². The van der Waals surface area contributed by atoms with Crippen molar-refractivity contribution in [2.45, 2.75) is 25.9 Å². The number of hydrogen-bond donors (Lipinski definition) is 1. The highest BCUT2D eigenvalue weighted by molar-refractivity contribution is 7.08. The number of hydrogen-bond acceptors (Lipinski definition) is 3. The standard InChI is InChI=1S/C12H16N2OS/c1-9-7-16-8-11(9)12(15)4-3-10-5-13-14(2)6-10/h5-8,12,15H,3-4H2,1-2H3. The number of nitrogens with zero attached hydrogens (tertiary/aromatic N) is 2. The number of aromatic nitrogens is 2. The van der Waals surface area contributed by atoms with Crippen LogP contribution in [0.2, 0.25) is 0 Å². The highest BCUT2D eigenvalue weighted by Gasteiger charge is 2.11. The van der Waals surface area contributed by atoms with E-state index >= 15 is 0 Å². The highest BCUT2D eigenvalue weighted by atomic mass is 32.1. The minimum atomic E-state index is -0.355. The van der Waals surface area contributed by atoms with E-state index in [4.69, 9.17) is 0 Å². The molecule has 0 saturated carbocycles. The van der Waals surface area contributed by atoms with Crippen molar-refractivity contribution in [3.05, 3.63) is 39.8 Å². The summed E-state index contributed by atoms with van der Waals surface area (Å²) in [5.74, 6) is 0. The molecular formula is C12H16N2OS. The first-order chi connectivity index (χ1) is 7.66. The lowest BCUT2D eigenvalue weighted by molar-refractivity contribution is 0.167. The van der Waals surface area contributed by atoms with E-state index in [1.807, 2.05) is 31.7 Å². The third-order valence-corrected chi connectivity index (χ3v) is 3.60. The van der Waals surface area contributed by atoms with Crippen LogP contribution in [0.1, 0.15) is 29.2 Å². The van der Waals surface area contributed by atoms with Crippen LogP contribution in [0.4, 0.5) is 0 Å². The quantitative estimate of drug-likeness (QED) is 0.885. The van der Waals surface area contributed by atoms with Gasteiger partial charge in [0.25, 0.3) is 0 Å². The molecule has 0 spiro atoms. The average molecular weight is 236 g/mol. The number of aliphatic hydroxyl groups excluding tert-OH is 1. The smallest absolute Gasteiger partial charge is 0.0803 e. The Morgan fingerprint density at radius 1 is 1.50 bits per heavy atom. The fraction of sp³-hybridized carbons (Fsp3) is 0.417. The Morgan fingerprint density at radius 2 is 2.31 bits per heavy atom. The lowest BCUT2D eigenvalue weighted by Crippen LogP contribution is -1.99. The Kier molecular flexibility index (Phi) is 3.41. The molecule has 0 radical (unpaired) electrons. The number of rotatable bonds is 4. The first kappa shape index (κ1) is 11.4. The fourth-order valence-corrected chi connectivity index (χ4v) is 2.67. The molecular weight excluding hydrogens is 220 g/mol. The minimum absolute atomic E-state index is 0.355.